The van der Waals surface area contributed by atoms with Crippen molar-refractivity contribution in [3.05, 3.63) is 82.7 Å². The molecule has 1 atom stereocenters. The summed E-state index contributed by atoms with van der Waals surface area (Å²) >= 11 is 0. The Morgan fingerprint density at radius 1 is 1.02 bits per heavy atom. The van der Waals surface area contributed by atoms with Crippen LogP contribution in [-0.4, -0.2) is 80.9 Å². The predicted octanol–water partition coefficient (Wildman–Crippen LogP) is 5.53. The first kappa shape index (κ1) is 31.8. The number of hydrogen-bond donors (Lipinski definition) is 1. The van der Waals surface area contributed by atoms with E-state index in [0.29, 0.717) is 18.6 Å². The third kappa shape index (κ3) is 7.71. The van der Waals surface area contributed by atoms with Gasteiger partial charge in [-0.25, -0.2) is 0 Å². The van der Waals surface area contributed by atoms with E-state index in [-0.39, 0.29) is 5.91 Å². The molecule has 0 aliphatic carbocycles. The molecule has 0 bridgehead atoms. The summed E-state index contributed by atoms with van der Waals surface area (Å²) in [6.07, 6.45) is 6.98. The summed E-state index contributed by atoms with van der Waals surface area (Å²) in [6, 6.07) is 15.7. The largest absolute Gasteiger partial charge is 0.497 e. The Morgan fingerprint density at radius 3 is 2.34 bits per heavy atom. The van der Waals surface area contributed by atoms with Crippen LogP contribution in [0.4, 0.5) is 11.4 Å². The molecule has 3 heterocycles. The van der Waals surface area contributed by atoms with Crippen molar-refractivity contribution in [1.29, 1.82) is 0 Å². The van der Waals surface area contributed by atoms with Gasteiger partial charge in [0.25, 0.3) is 5.91 Å². The molecule has 0 spiro atoms. The van der Waals surface area contributed by atoms with E-state index in [4.69, 9.17) is 9.47 Å². The number of nitrogens with one attached hydrogen (secondary N) is 1. The molecule has 0 saturated carbocycles. The number of nitrogens with zero attached hydrogens (tertiary/aromatic N) is 4. The monoisotopic (exact) mass is 599 g/mol. The molecule has 2 aliphatic heterocycles. The van der Waals surface area contributed by atoms with E-state index in [9.17, 15) is 4.79 Å². The van der Waals surface area contributed by atoms with Gasteiger partial charge in [0.2, 0.25) is 0 Å². The van der Waals surface area contributed by atoms with E-state index in [2.05, 4.69) is 69.2 Å². The van der Waals surface area contributed by atoms with E-state index < -0.39 is 0 Å². The van der Waals surface area contributed by atoms with E-state index >= 15 is 0 Å². The molecule has 3 aromatic rings. The Labute approximate surface area is 263 Å². The highest BCUT2D eigenvalue weighted by Crippen LogP contribution is 2.29. The van der Waals surface area contributed by atoms with Crippen LogP contribution in [0.2, 0.25) is 0 Å². The molecule has 2 aromatic carbocycles. The minimum absolute atomic E-state index is 0.0280. The third-order valence-electron chi connectivity index (χ3n) is 9.42. The summed E-state index contributed by atoms with van der Waals surface area (Å²) < 4.78 is 10.9. The maximum absolute atomic E-state index is 13.2. The van der Waals surface area contributed by atoms with Gasteiger partial charge in [0.15, 0.2) is 0 Å². The van der Waals surface area contributed by atoms with Crippen LogP contribution >= 0.6 is 0 Å². The summed E-state index contributed by atoms with van der Waals surface area (Å²) in [5.74, 6) is 0.901. The SMILES string of the molecule is COc1ccc(N(Cc2cnccc2C)C2CCN(C(C)CCNC(=O)c3c(C)cc(N4CCOCC4)cc3C)CC2)cc1. The van der Waals surface area contributed by atoms with Crippen molar-refractivity contribution in [3.8, 4) is 5.75 Å². The summed E-state index contributed by atoms with van der Waals surface area (Å²) in [4.78, 5) is 25.1. The van der Waals surface area contributed by atoms with Crippen LogP contribution in [-0.2, 0) is 11.3 Å². The number of anilines is 2. The van der Waals surface area contributed by atoms with Gasteiger partial charge in [-0.15, -0.1) is 0 Å². The number of aromatic nitrogens is 1. The molecule has 2 saturated heterocycles. The van der Waals surface area contributed by atoms with Crippen LogP contribution in [0.1, 0.15) is 58.8 Å². The lowest BCUT2D eigenvalue weighted by atomic mass is 9.98. The fraction of sp³-hybridized carbons (Fsp3) is 0.500. The van der Waals surface area contributed by atoms with Gasteiger partial charge < -0.3 is 29.5 Å². The molecule has 8 nitrogen and oxygen atoms in total. The van der Waals surface area contributed by atoms with Gasteiger partial charge in [-0.1, -0.05) is 0 Å². The molecule has 8 heteroatoms. The molecule has 0 radical (unpaired) electrons. The lowest BCUT2D eigenvalue weighted by Crippen LogP contribution is -2.48. The van der Waals surface area contributed by atoms with Gasteiger partial charge in [0.05, 0.1) is 20.3 Å². The number of benzene rings is 2. The Hall–Kier alpha value is -3.62. The number of amides is 1. The van der Waals surface area contributed by atoms with Crippen molar-refractivity contribution in [2.75, 3.05) is 62.8 Å². The highest BCUT2D eigenvalue weighted by Gasteiger charge is 2.28. The smallest absolute Gasteiger partial charge is 0.251 e. The van der Waals surface area contributed by atoms with Gasteiger partial charge in [0.1, 0.15) is 5.75 Å². The quantitative estimate of drug-likeness (QED) is 0.311. The molecule has 1 aromatic heterocycles. The zero-order valence-electron chi connectivity index (χ0n) is 27.1. The molecule has 44 heavy (non-hydrogen) atoms. The summed E-state index contributed by atoms with van der Waals surface area (Å²) in [6.45, 7) is 15.4. The Kier molecular flexibility index (Phi) is 10.8. The van der Waals surface area contributed by atoms with Crippen molar-refractivity contribution in [3.63, 3.8) is 0 Å². The number of carbonyl (C=O) groups excluding carboxylic acids is 1. The number of pyridine rings is 1. The maximum atomic E-state index is 13.2. The third-order valence-corrected chi connectivity index (χ3v) is 9.42. The molecule has 1 N–H and O–H groups in total. The van der Waals surface area contributed by atoms with Gasteiger partial charge in [0, 0.05) is 80.7 Å². The van der Waals surface area contributed by atoms with E-state index in [0.717, 1.165) is 87.6 Å². The number of carbonyl (C=O) groups is 1. The predicted molar refractivity (Wildman–Crippen MR) is 178 cm³/mol. The number of rotatable bonds is 11. The second-order valence-electron chi connectivity index (χ2n) is 12.3. The number of methoxy groups -OCH3 is 1. The van der Waals surface area contributed by atoms with Crippen molar-refractivity contribution >= 4 is 17.3 Å². The minimum atomic E-state index is 0.0280. The van der Waals surface area contributed by atoms with Gasteiger partial charge >= 0.3 is 0 Å². The standard InChI is InChI=1S/C36H49N5O3/c1-26-10-14-37-24-30(26)25-41(31-6-8-34(43-5)9-7-31)32-12-16-39(17-13-32)29(4)11-15-38-36(42)35-27(2)22-33(23-28(35)3)40-18-20-44-21-19-40/h6-10,14,22-24,29,32H,11-13,15-21,25H2,1-5H3,(H,38,42). The molecular formula is C36H49N5O3. The van der Waals surface area contributed by atoms with Crippen molar-refractivity contribution in [1.82, 2.24) is 15.2 Å². The first-order valence-electron chi connectivity index (χ1n) is 16.1. The molecule has 236 valence electrons. The Bertz CT molecular complexity index is 1360. The van der Waals surface area contributed by atoms with E-state index in [1.54, 1.807) is 7.11 Å². The summed E-state index contributed by atoms with van der Waals surface area (Å²) in [5.41, 5.74) is 7.79. The lowest BCUT2D eigenvalue weighted by Gasteiger charge is -2.42. The maximum Gasteiger partial charge on any atom is 0.251 e. The zero-order chi connectivity index (χ0) is 31.1. The van der Waals surface area contributed by atoms with Crippen molar-refractivity contribution in [2.24, 2.45) is 0 Å². The molecule has 1 amide bonds. The molecular weight excluding hydrogens is 550 g/mol. The normalized spacial score (nSPS) is 16.9. The average Bonchev–Trinajstić information content (AvgIpc) is 3.04. The van der Waals surface area contributed by atoms with Gasteiger partial charge in [-0.3, -0.25) is 9.78 Å². The highest BCUT2D eigenvalue weighted by atomic mass is 16.5. The first-order chi connectivity index (χ1) is 21.3. The Balaban J connectivity index is 1.14. The zero-order valence-corrected chi connectivity index (χ0v) is 27.1. The Morgan fingerprint density at radius 2 is 1.70 bits per heavy atom. The lowest BCUT2D eigenvalue weighted by molar-refractivity contribution is 0.0943. The van der Waals surface area contributed by atoms with Crippen molar-refractivity contribution in [2.45, 2.75) is 65.6 Å². The minimum Gasteiger partial charge on any atom is -0.497 e. The molecule has 2 aliphatic rings. The number of likely N-dealkylation sites (tertiary alicyclic amines) is 1. The fourth-order valence-corrected chi connectivity index (χ4v) is 6.66. The number of morpholine rings is 1. The number of ether oxygens (including phenoxy) is 2. The first-order valence-corrected chi connectivity index (χ1v) is 16.1. The van der Waals surface area contributed by atoms with Crippen LogP contribution in [0.5, 0.6) is 5.75 Å². The fourth-order valence-electron chi connectivity index (χ4n) is 6.66. The molecule has 1 unspecified atom stereocenters. The highest BCUT2D eigenvalue weighted by molar-refractivity contribution is 5.97. The number of aryl methyl sites for hydroxylation is 3. The topological polar surface area (TPSA) is 70.2 Å². The molecule has 2 fully saturated rings. The van der Waals surface area contributed by atoms with Gasteiger partial charge in [-0.05, 0) is 112 Å². The van der Waals surface area contributed by atoms with Crippen LogP contribution in [0.15, 0.2) is 54.9 Å². The number of piperidine rings is 1. The van der Waals surface area contributed by atoms with Crippen molar-refractivity contribution < 1.29 is 14.3 Å². The van der Waals surface area contributed by atoms with E-state index in [1.807, 2.05) is 38.4 Å². The average molecular weight is 600 g/mol. The second-order valence-corrected chi connectivity index (χ2v) is 12.3. The summed E-state index contributed by atoms with van der Waals surface area (Å²) in [7, 11) is 1.71. The second kappa shape index (κ2) is 14.9. The molecule has 5 rings (SSSR count). The van der Waals surface area contributed by atoms with Crippen LogP contribution in [0, 0.1) is 20.8 Å². The number of hydrogen-bond acceptors (Lipinski definition) is 7. The summed E-state index contributed by atoms with van der Waals surface area (Å²) in [5, 5.41) is 3.22. The van der Waals surface area contributed by atoms with Crippen LogP contribution < -0.4 is 19.9 Å². The van der Waals surface area contributed by atoms with Crippen LogP contribution in [0.3, 0.4) is 0 Å². The van der Waals surface area contributed by atoms with Gasteiger partial charge in [-0.2, -0.15) is 0 Å². The van der Waals surface area contributed by atoms with E-state index in [1.165, 1.54) is 22.5 Å². The van der Waals surface area contributed by atoms with Crippen LogP contribution in [0.25, 0.3) is 0 Å².